The summed E-state index contributed by atoms with van der Waals surface area (Å²) >= 11 is 0. The fourth-order valence-corrected chi connectivity index (χ4v) is 0.659. The Morgan fingerprint density at radius 1 is 1.27 bits per heavy atom. The SMILES string of the molecule is [CH2]Cc1cc(F)c(F)nc1F. The molecule has 0 atom stereocenters. The van der Waals surface area contributed by atoms with Gasteiger partial charge in [0.1, 0.15) is 0 Å². The third kappa shape index (κ3) is 1.50. The van der Waals surface area contributed by atoms with E-state index in [-0.39, 0.29) is 12.0 Å². The molecule has 0 fully saturated rings. The molecule has 11 heavy (non-hydrogen) atoms. The standard InChI is InChI=1S/C7H5F3N/c1-2-4-3-5(8)7(10)11-6(4)9/h3H,1-2H2. The first-order chi connectivity index (χ1) is 5.15. The fraction of sp³-hybridized carbons (Fsp3) is 0.143. The number of rotatable bonds is 1. The van der Waals surface area contributed by atoms with E-state index in [2.05, 4.69) is 11.9 Å². The monoisotopic (exact) mass is 160 g/mol. The van der Waals surface area contributed by atoms with Crippen molar-refractivity contribution in [2.45, 2.75) is 6.42 Å². The number of pyridine rings is 1. The maximum Gasteiger partial charge on any atom is 0.251 e. The van der Waals surface area contributed by atoms with Gasteiger partial charge in [-0.1, -0.05) is 0 Å². The van der Waals surface area contributed by atoms with Crippen LogP contribution in [0.1, 0.15) is 5.56 Å². The van der Waals surface area contributed by atoms with E-state index in [1.54, 1.807) is 0 Å². The summed E-state index contributed by atoms with van der Waals surface area (Å²) in [7, 11) is 0. The van der Waals surface area contributed by atoms with Gasteiger partial charge in [-0.2, -0.15) is 13.8 Å². The topological polar surface area (TPSA) is 12.9 Å². The van der Waals surface area contributed by atoms with Crippen LogP contribution in [0.4, 0.5) is 13.2 Å². The van der Waals surface area contributed by atoms with Gasteiger partial charge in [-0.15, -0.1) is 0 Å². The highest BCUT2D eigenvalue weighted by Crippen LogP contribution is 2.09. The van der Waals surface area contributed by atoms with Crippen molar-refractivity contribution < 1.29 is 13.2 Å². The van der Waals surface area contributed by atoms with Gasteiger partial charge in [-0.3, -0.25) is 0 Å². The van der Waals surface area contributed by atoms with Crippen LogP contribution >= 0.6 is 0 Å². The summed E-state index contributed by atoms with van der Waals surface area (Å²) in [5.74, 6) is -3.57. The Hall–Kier alpha value is -1.06. The van der Waals surface area contributed by atoms with Crippen molar-refractivity contribution in [1.29, 1.82) is 0 Å². The van der Waals surface area contributed by atoms with Crippen molar-refractivity contribution in [2.75, 3.05) is 0 Å². The lowest BCUT2D eigenvalue weighted by atomic mass is 10.2. The van der Waals surface area contributed by atoms with Crippen LogP contribution < -0.4 is 0 Å². The predicted molar refractivity (Wildman–Crippen MR) is 33.2 cm³/mol. The molecule has 1 aromatic heterocycles. The van der Waals surface area contributed by atoms with Gasteiger partial charge in [-0.05, 0) is 19.4 Å². The Balaban J connectivity index is 3.21. The molecular weight excluding hydrogens is 155 g/mol. The first kappa shape index (κ1) is 8.04. The molecule has 0 spiro atoms. The third-order valence-electron chi connectivity index (χ3n) is 1.23. The number of hydrogen-bond donors (Lipinski definition) is 0. The average Bonchev–Trinajstić information content (AvgIpc) is 1.97. The van der Waals surface area contributed by atoms with Crippen LogP contribution in [0.25, 0.3) is 0 Å². The van der Waals surface area contributed by atoms with E-state index in [1.165, 1.54) is 0 Å². The highest BCUT2D eigenvalue weighted by atomic mass is 19.2. The minimum atomic E-state index is -1.42. The summed E-state index contributed by atoms with van der Waals surface area (Å²) in [6, 6.07) is 0.755. The van der Waals surface area contributed by atoms with Crippen molar-refractivity contribution in [2.24, 2.45) is 0 Å². The lowest BCUT2D eigenvalue weighted by Crippen LogP contribution is -1.98. The second kappa shape index (κ2) is 2.90. The molecule has 0 saturated carbocycles. The summed E-state index contributed by atoms with van der Waals surface area (Å²) in [5.41, 5.74) is -0.0242. The molecule has 0 saturated heterocycles. The Morgan fingerprint density at radius 2 is 1.91 bits per heavy atom. The second-order valence-corrected chi connectivity index (χ2v) is 1.96. The first-order valence-corrected chi connectivity index (χ1v) is 2.95. The maximum absolute atomic E-state index is 12.5. The molecule has 0 N–H and O–H groups in total. The number of halogens is 3. The summed E-state index contributed by atoms with van der Waals surface area (Å²) < 4.78 is 36.9. The van der Waals surface area contributed by atoms with Gasteiger partial charge in [0.2, 0.25) is 5.95 Å². The largest absolute Gasteiger partial charge is 0.251 e. The molecule has 59 valence electrons. The molecule has 1 aromatic rings. The highest BCUT2D eigenvalue weighted by Gasteiger charge is 2.08. The molecule has 1 rings (SSSR count). The van der Waals surface area contributed by atoms with Crippen LogP contribution in [0.3, 0.4) is 0 Å². The summed E-state index contributed by atoms with van der Waals surface area (Å²) in [5, 5.41) is 0. The van der Waals surface area contributed by atoms with E-state index in [0.29, 0.717) is 0 Å². The van der Waals surface area contributed by atoms with Gasteiger partial charge in [-0.25, -0.2) is 4.39 Å². The van der Waals surface area contributed by atoms with E-state index >= 15 is 0 Å². The van der Waals surface area contributed by atoms with Crippen LogP contribution in [0.15, 0.2) is 6.07 Å². The van der Waals surface area contributed by atoms with E-state index in [1.807, 2.05) is 0 Å². The van der Waals surface area contributed by atoms with Crippen molar-refractivity contribution in [3.05, 3.63) is 36.3 Å². The zero-order chi connectivity index (χ0) is 8.43. The lowest BCUT2D eigenvalue weighted by molar-refractivity contribution is 0.442. The predicted octanol–water partition coefficient (Wildman–Crippen LogP) is 1.88. The molecule has 4 heteroatoms. The van der Waals surface area contributed by atoms with Crippen molar-refractivity contribution in [3.8, 4) is 0 Å². The molecule has 0 aliphatic heterocycles. The van der Waals surface area contributed by atoms with E-state index in [0.717, 1.165) is 6.07 Å². The molecule has 1 radical (unpaired) electrons. The van der Waals surface area contributed by atoms with Crippen molar-refractivity contribution in [3.63, 3.8) is 0 Å². The molecular formula is C7H5F3N. The molecule has 0 aromatic carbocycles. The Kier molecular flexibility index (Phi) is 2.12. The molecule has 0 aliphatic carbocycles. The number of aromatic nitrogens is 1. The van der Waals surface area contributed by atoms with Gasteiger partial charge < -0.3 is 0 Å². The Morgan fingerprint density at radius 3 is 2.45 bits per heavy atom. The van der Waals surface area contributed by atoms with Gasteiger partial charge in [0.15, 0.2) is 5.82 Å². The molecule has 0 bridgehead atoms. The zero-order valence-electron chi connectivity index (χ0n) is 5.57. The second-order valence-electron chi connectivity index (χ2n) is 1.96. The smallest absolute Gasteiger partial charge is 0.202 e. The van der Waals surface area contributed by atoms with Gasteiger partial charge in [0.05, 0.1) is 0 Å². The molecule has 1 heterocycles. The van der Waals surface area contributed by atoms with E-state index < -0.39 is 17.7 Å². The third-order valence-corrected chi connectivity index (χ3v) is 1.23. The molecule has 0 amide bonds. The minimum Gasteiger partial charge on any atom is -0.202 e. The normalized spacial score (nSPS) is 10.2. The Bertz CT molecular complexity index is 273. The van der Waals surface area contributed by atoms with Gasteiger partial charge >= 0.3 is 0 Å². The quantitative estimate of drug-likeness (QED) is 0.571. The number of nitrogens with zero attached hydrogens (tertiary/aromatic N) is 1. The van der Waals surface area contributed by atoms with Gasteiger partial charge in [0.25, 0.3) is 5.95 Å². The molecule has 0 aliphatic rings. The number of hydrogen-bond acceptors (Lipinski definition) is 1. The minimum absolute atomic E-state index is 0.0242. The summed E-state index contributed by atoms with van der Waals surface area (Å²) in [6.07, 6.45) is 0.0516. The first-order valence-electron chi connectivity index (χ1n) is 2.95. The summed E-state index contributed by atoms with van der Waals surface area (Å²) in [6.45, 7) is 3.32. The Labute approximate surface area is 61.9 Å². The molecule has 1 nitrogen and oxygen atoms in total. The summed E-state index contributed by atoms with van der Waals surface area (Å²) in [4.78, 5) is 2.70. The van der Waals surface area contributed by atoms with Crippen LogP contribution in [0, 0.1) is 24.6 Å². The highest BCUT2D eigenvalue weighted by molar-refractivity contribution is 5.13. The van der Waals surface area contributed by atoms with Crippen LogP contribution in [-0.2, 0) is 6.42 Å². The lowest BCUT2D eigenvalue weighted by Gasteiger charge is -1.97. The van der Waals surface area contributed by atoms with Gasteiger partial charge in [0, 0.05) is 5.56 Å². The van der Waals surface area contributed by atoms with Crippen LogP contribution in [0.5, 0.6) is 0 Å². The van der Waals surface area contributed by atoms with Crippen LogP contribution in [0.2, 0.25) is 0 Å². The molecule has 0 unspecified atom stereocenters. The van der Waals surface area contributed by atoms with Crippen molar-refractivity contribution in [1.82, 2.24) is 4.98 Å². The van der Waals surface area contributed by atoms with E-state index in [4.69, 9.17) is 0 Å². The van der Waals surface area contributed by atoms with Crippen LogP contribution in [-0.4, -0.2) is 4.98 Å². The fourth-order valence-electron chi connectivity index (χ4n) is 0.659. The van der Waals surface area contributed by atoms with Crippen molar-refractivity contribution >= 4 is 0 Å². The van der Waals surface area contributed by atoms with E-state index in [9.17, 15) is 13.2 Å². The zero-order valence-corrected chi connectivity index (χ0v) is 5.57. The maximum atomic E-state index is 12.5. The average molecular weight is 160 g/mol.